The Morgan fingerprint density at radius 1 is 1.09 bits per heavy atom. The van der Waals surface area contributed by atoms with E-state index < -0.39 is 5.41 Å². The van der Waals surface area contributed by atoms with Crippen molar-refractivity contribution in [2.24, 2.45) is 11.3 Å². The van der Waals surface area contributed by atoms with Crippen molar-refractivity contribution < 1.29 is 19.1 Å². The number of carbonyl (C=O) groups excluding carboxylic acids is 2. The zero-order valence-electron chi connectivity index (χ0n) is 21.7. The van der Waals surface area contributed by atoms with Crippen molar-refractivity contribution in [2.45, 2.75) is 136 Å². The van der Waals surface area contributed by atoms with E-state index in [1.165, 1.54) is 25.7 Å². The minimum absolute atomic E-state index is 0.0516. The highest BCUT2D eigenvalue weighted by atomic mass is 16.5. The third-order valence-corrected chi connectivity index (χ3v) is 6.77. The topological polar surface area (TPSA) is 52.6 Å². The highest BCUT2D eigenvalue weighted by Gasteiger charge is 2.55. The summed E-state index contributed by atoms with van der Waals surface area (Å²) in [5, 5.41) is 0. The Kier molecular flexibility index (Phi) is 13.4. The lowest BCUT2D eigenvalue weighted by molar-refractivity contribution is -0.162. The Balaban J connectivity index is 2.93. The molecule has 0 amide bonds. The molecule has 0 aliphatic heterocycles. The molecule has 0 bridgehead atoms. The van der Waals surface area contributed by atoms with Gasteiger partial charge in [-0.25, -0.2) is 0 Å². The molecule has 32 heavy (non-hydrogen) atoms. The van der Waals surface area contributed by atoms with Crippen molar-refractivity contribution in [1.29, 1.82) is 0 Å². The first-order valence-electron chi connectivity index (χ1n) is 13.2. The van der Waals surface area contributed by atoms with Gasteiger partial charge in [0.2, 0.25) is 0 Å². The summed E-state index contributed by atoms with van der Waals surface area (Å²) in [6, 6.07) is 0. The first-order valence-corrected chi connectivity index (χ1v) is 13.2. The predicted octanol–water partition coefficient (Wildman–Crippen LogP) is 7.59. The maximum absolute atomic E-state index is 13.2. The molecule has 4 nitrogen and oxygen atoms in total. The van der Waals surface area contributed by atoms with Gasteiger partial charge < -0.3 is 9.47 Å². The molecule has 1 aliphatic rings. The minimum atomic E-state index is -0.967. The van der Waals surface area contributed by atoms with E-state index in [-0.39, 0.29) is 36.0 Å². The Labute approximate surface area is 197 Å². The van der Waals surface area contributed by atoms with Gasteiger partial charge in [0.1, 0.15) is 17.8 Å². The molecular formula is C28H50O4. The van der Waals surface area contributed by atoms with Crippen molar-refractivity contribution in [1.82, 2.24) is 0 Å². The lowest BCUT2D eigenvalue weighted by Gasteiger charge is -2.34. The van der Waals surface area contributed by atoms with E-state index in [9.17, 15) is 9.59 Å². The van der Waals surface area contributed by atoms with Gasteiger partial charge in [-0.05, 0) is 58.8 Å². The molecule has 0 heterocycles. The van der Waals surface area contributed by atoms with Gasteiger partial charge in [-0.15, -0.1) is 0 Å². The molecule has 0 N–H and O–H groups in total. The third-order valence-electron chi connectivity index (χ3n) is 6.77. The number of ketones is 1. The van der Waals surface area contributed by atoms with Crippen molar-refractivity contribution in [3.8, 4) is 0 Å². The van der Waals surface area contributed by atoms with Crippen LogP contribution >= 0.6 is 0 Å². The van der Waals surface area contributed by atoms with Crippen molar-refractivity contribution in [3.63, 3.8) is 0 Å². The minimum Gasteiger partial charge on any atom is -0.461 e. The second-order valence-corrected chi connectivity index (χ2v) is 10.6. The Morgan fingerprint density at radius 2 is 1.75 bits per heavy atom. The first kappa shape index (κ1) is 28.9. The van der Waals surface area contributed by atoms with Crippen LogP contribution in [0.25, 0.3) is 0 Å². The van der Waals surface area contributed by atoms with E-state index in [4.69, 9.17) is 9.47 Å². The molecule has 3 atom stereocenters. The maximum Gasteiger partial charge on any atom is 0.320 e. The second-order valence-electron chi connectivity index (χ2n) is 10.6. The van der Waals surface area contributed by atoms with Crippen LogP contribution in [0.4, 0.5) is 0 Å². The smallest absolute Gasteiger partial charge is 0.320 e. The molecule has 1 saturated carbocycles. The summed E-state index contributed by atoms with van der Waals surface area (Å²) >= 11 is 0. The summed E-state index contributed by atoms with van der Waals surface area (Å²) < 4.78 is 11.9. The number of ether oxygens (including phenoxy) is 2. The van der Waals surface area contributed by atoms with E-state index >= 15 is 0 Å². The average Bonchev–Trinajstić information content (AvgIpc) is 3.05. The first-order chi connectivity index (χ1) is 15.2. The molecule has 1 fully saturated rings. The standard InChI is InChI=1S/C28H50O4/c1-7-10-12-13-15-21-28(26(30)31-22-9-3)23(18-20-25(28)29)17-19-24(16-14-11-8-2)32-27(4,5)6/h9,23-24H,3,7-8,10-22H2,1-2,4-6H3/t23-,24?,28?/m0/s1. The Hall–Kier alpha value is -1.16. The molecule has 0 aromatic rings. The molecule has 0 saturated heterocycles. The third kappa shape index (κ3) is 9.37. The van der Waals surface area contributed by atoms with Crippen LogP contribution in [-0.4, -0.2) is 30.1 Å². The van der Waals surface area contributed by atoms with Crippen LogP contribution in [0.3, 0.4) is 0 Å². The van der Waals surface area contributed by atoms with E-state index in [1.54, 1.807) is 6.08 Å². The van der Waals surface area contributed by atoms with Gasteiger partial charge in [-0.1, -0.05) is 77.9 Å². The molecule has 1 aliphatic carbocycles. The summed E-state index contributed by atoms with van der Waals surface area (Å²) in [6.45, 7) is 14.6. The average molecular weight is 451 g/mol. The lowest BCUT2D eigenvalue weighted by atomic mass is 9.71. The predicted molar refractivity (Wildman–Crippen MR) is 133 cm³/mol. The number of rotatable bonds is 17. The van der Waals surface area contributed by atoms with Crippen LogP contribution in [0, 0.1) is 11.3 Å². The van der Waals surface area contributed by atoms with E-state index in [2.05, 4.69) is 41.2 Å². The van der Waals surface area contributed by atoms with Gasteiger partial charge in [-0.2, -0.15) is 0 Å². The molecular weight excluding hydrogens is 400 g/mol. The molecule has 0 aromatic carbocycles. The fraction of sp³-hybridized carbons (Fsp3) is 0.857. The zero-order valence-corrected chi connectivity index (χ0v) is 21.7. The molecule has 1 rings (SSSR count). The summed E-state index contributed by atoms with van der Waals surface area (Å²) in [4.78, 5) is 26.4. The van der Waals surface area contributed by atoms with Crippen LogP contribution in [0.15, 0.2) is 12.7 Å². The molecule has 4 heteroatoms. The number of hydrogen-bond donors (Lipinski definition) is 0. The second kappa shape index (κ2) is 14.9. The molecule has 0 spiro atoms. The van der Waals surface area contributed by atoms with Gasteiger partial charge in [-0.3, -0.25) is 9.59 Å². The Bertz CT molecular complexity index is 562. The molecule has 186 valence electrons. The van der Waals surface area contributed by atoms with Gasteiger partial charge in [0, 0.05) is 6.42 Å². The van der Waals surface area contributed by atoms with Crippen LogP contribution in [0.5, 0.6) is 0 Å². The SMILES string of the molecule is C=CCOC(=O)C1(CCCCCCC)C(=O)CC[C@@H]1CCC(CCCCC)OC(C)(C)C. The monoisotopic (exact) mass is 450 g/mol. The summed E-state index contributed by atoms with van der Waals surface area (Å²) in [5.74, 6) is -0.179. The largest absolute Gasteiger partial charge is 0.461 e. The van der Waals surface area contributed by atoms with Crippen molar-refractivity contribution >= 4 is 11.8 Å². The van der Waals surface area contributed by atoms with Gasteiger partial charge in [0.15, 0.2) is 0 Å². The van der Waals surface area contributed by atoms with Crippen LogP contribution in [-0.2, 0) is 19.1 Å². The van der Waals surface area contributed by atoms with Crippen molar-refractivity contribution in [3.05, 3.63) is 12.7 Å². The van der Waals surface area contributed by atoms with Crippen LogP contribution in [0.1, 0.15) is 125 Å². The lowest BCUT2D eigenvalue weighted by Crippen LogP contribution is -2.42. The van der Waals surface area contributed by atoms with Gasteiger partial charge in [0.25, 0.3) is 0 Å². The summed E-state index contributed by atoms with van der Waals surface area (Å²) in [7, 11) is 0. The fourth-order valence-corrected chi connectivity index (χ4v) is 5.16. The Morgan fingerprint density at radius 3 is 2.38 bits per heavy atom. The van der Waals surface area contributed by atoms with Gasteiger partial charge >= 0.3 is 5.97 Å². The van der Waals surface area contributed by atoms with E-state index in [0.29, 0.717) is 12.8 Å². The summed E-state index contributed by atoms with van der Waals surface area (Å²) in [6.07, 6.45) is 15.5. The normalized spacial score (nSPS) is 22.2. The quantitative estimate of drug-likeness (QED) is 0.0991. The number of hydrogen-bond acceptors (Lipinski definition) is 4. The summed E-state index contributed by atoms with van der Waals surface area (Å²) in [5.41, 5.74) is -1.16. The highest BCUT2D eigenvalue weighted by molar-refractivity contribution is 6.05. The molecule has 2 unspecified atom stereocenters. The maximum atomic E-state index is 13.2. The number of carbonyl (C=O) groups is 2. The van der Waals surface area contributed by atoms with E-state index in [0.717, 1.165) is 51.4 Å². The van der Waals surface area contributed by atoms with Crippen molar-refractivity contribution in [2.75, 3.05) is 6.61 Å². The van der Waals surface area contributed by atoms with Crippen LogP contribution in [0.2, 0.25) is 0 Å². The number of unbranched alkanes of at least 4 members (excludes halogenated alkanes) is 6. The van der Waals surface area contributed by atoms with Crippen LogP contribution < -0.4 is 0 Å². The number of esters is 1. The molecule has 0 radical (unpaired) electrons. The molecule has 0 aromatic heterocycles. The highest BCUT2D eigenvalue weighted by Crippen LogP contribution is 2.48. The van der Waals surface area contributed by atoms with Gasteiger partial charge in [0.05, 0.1) is 11.7 Å². The fourth-order valence-electron chi connectivity index (χ4n) is 5.16. The zero-order chi connectivity index (χ0) is 24.0. The van der Waals surface area contributed by atoms with E-state index in [1.807, 2.05) is 0 Å². The number of Topliss-reactive ketones (excluding diaryl/α,β-unsaturated/α-hetero) is 1.